The second-order valence-corrected chi connectivity index (χ2v) is 19.8. The van der Waals surface area contributed by atoms with E-state index in [2.05, 4.69) is 76.8 Å². The summed E-state index contributed by atoms with van der Waals surface area (Å²) >= 11 is 0. The van der Waals surface area contributed by atoms with Crippen LogP contribution in [0.3, 0.4) is 0 Å². The third kappa shape index (κ3) is 4.59. The number of hydrogen-bond donors (Lipinski definition) is 1. The first-order valence-electron chi connectivity index (χ1n) is 9.70. The van der Waals surface area contributed by atoms with Crippen molar-refractivity contribution < 1.29 is 0 Å². The van der Waals surface area contributed by atoms with Gasteiger partial charge in [-0.2, -0.15) is 0 Å². The molecule has 1 aliphatic rings. The average molecular weight is 355 g/mol. The molecule has 1 aliphatic heterocycles. The third-order valence-corrected chi connectivity index (χ3v) is 16.1. The molecule has 1 rings (SSSR count). The topological polar surface area (TPSA) is 15.3 Å². The molecule has 2 nitrogen and oxygen atoms in total. The maximum Gasteiger partial charge on any atom is 0.136 e. The second-order valence-electron chi connectivity index (χ2n) is 9.13. The fourth-order valence-corrected chi connectivity index (χ4v) is 13.8. The van der Waals surface area contributed by atoms with Gasteiger partial charge in [-0.1, -0.05) is 60.7 Å². The molecule has 0 aliphatic carbocycles. The molecule has 0 aromatic heterocycles. The molecule has 0 bridgehead atoms. The fourth-order valence-electron chi connectivity index (χ4n) is 5.16. The molecule has 1 N–H and O–H groups in total. The van der Waals surface area contributed by atoms with E-state index in [0.717, 1.165) is 22.7 Å². The Balaban J connectivity index is 3.08. The van der Waals surface area contributed by atoms with Crippen molar-refractivity contribution in [3.63, 3.8) is 0 Å². The van der Waals surface area contributed by atoms with Gasteiger partial charge in [-0.15, -0.1) is 12.3 Å². The Morgan fingerprint density at radius 1 is 1.09 bits per heavy atom. The molecule has 0 radical (unpaired) electrons. The SMILES string of the molecule is C=C[Si](C)(C)CCC1CNCCN1[Si](C(C)C)(C(C)C)C(C)C. The van der Waals surface area contributed by atoms with Gasteiger partial charge in [0, 0.05) is 25.7 Å². The Bertz CT molecular complexity index is 356. The van der Waals surface area contributed by atoms with Crippen molar-refractivity contribution in [3.05, 3.63) is 12.3 Å². The molecule has 0 saturated carbocycles. The Labute approximate surface area is 148 Å². The van der Waals surface area contributed by atoms with E-state index < -0.39 is 16.3 Å². The zero-order valence-electron chi connectivity index (χ0n) is 17.1. The van der Waals surface area contributed by atoms with Gasteiger partial charge in [-0.25, -0.2) is 0 Å². The molecule has 1 unspecified atom stereocenters. The van der Waals surface area contributed by atoms with E-state index in [4.69, 9.17) is 0 Å². The van der Waals surface area contributed by atoms with Gasteiger partial charge in [-0.05, 0) is 23.0 Å². The molecule has 1 saturated heterocycles. The maximum atomic E-state index is 4.09. The first-order chi connectivity index (χ1) is 10.6. The Hall–Kier alpha value is 0.0938. The van der Waals surface area contributed by atoms with Gasteiger partial charge in [0.2, 0.25) is 0 Å². The van der Waals surface area contributed by atoms with E-state index in [9.17, 15) is 0 Å². The minimum absolute atomic E-state index is 0.731. The van der Waals surface area contributed by atoms with Crippen LogP contribution in [0, 0.1) is 0 Å². The van der Waals surface area contributed by atoms with Gasteiger partial charge < -0.3 is 9.88 Å². The van der Waals surface area contributed by atoms with E-state index >= 15 is 0 Å². The largest absolute Gasteiger partial charge is 0.317 e. The van der Waals surface area contributed by atoms with Crippen molar-refractivity contribution in [2.75, 3.05) is 19.6 Å². The highest BCUT2D eigenvalue weighted by Gasteiger charge is 2.50. The van der Waals surface area contributed by atoms with Crippen LogP contribution in [0.15, 0.2) is 12.3 Å². The summed E-state index contributed by atoms with van der Waals surface area (Å²) in [6.07, 6.45) is 1.35. The minimum atomic E-state index is -1.51. The lowest BCUT2D eigenvalue weighted by atomic mass is 10.2. The molecule has 4 heteroatoms. The number of nitrogens with one attached hydrogen (secondary N) is 1. The molecule has 1 atom stereocenters. The highest BCUT2D eigenvalue weighted by atomic mass is 28.3. The van der Waals surface area contributed by atoms with Crippen molar-refractivity contribution >= 4 is 16.3 Å². The smallest absolute Gasteiger partial charge is 0.136 e. The highest BCUT2D eigenvalue weighted by Crippen LogP contribution is 2.45. The van der Waals surface area contributed by atoms with Crippen LogP contribution in [0.4, 0.5) is 0 Å². The van der Waals surface area contributed by atoms with Crippen LogP contribution >= 0.6 is 0 Å². The highest BCUT2D eigenvalue weighted by molar-refractivity contribution is 6.82. The average Bonchev–Trinajstić information content (AvgIpc) is 2.46. The van der Waals surface area contributed by atoms with Crippen LogP contribution in [-0.4, -0.2) is 46.6 Å². The normalized spacial score (nSPS) is 21.4. The number of hydrogen-bond acceptors (Lipinski definition) is 2. The van der Waals surface area contributed by atoms with Crippen LogP contribution < -0.4 is 5.32 Å². The second kappa shape index (κ2) is 8.46. The number of nitrogens with zero attached hydrogens (tertiary/aromatic N) is 1. The Kier molecular flexibility index (Phi) is 7.77. The van der Waals surface area contributed by atoms with Crippen molar-refractivity contribution in [2.45, 2.75) is 89.8 Å². The summed E-state index contributed by atoms with van der Waals surface area (Å²) in [6, 6.07) is 2.10. The van der Waals surface area contributed by atoms with E-state index in [1.54, 1.807) is 0 Å². The maximum absolute atomic E-state index is 4.09. The molecular formula is C19H42N2Si2. The predicted octanol–water partition coefficient (Wildman–Crippen LogP) is 5.26. The van der Waals surface area contributed by atoms with Gasteiger partial charge in [0.1, 0.15) is 8.24 Å². The lowest BCUT2D eigenvalue weighted by Gasteiger charge is -2.56. The summed E-state index contributed by atoms with van der Waals surface area (Å²) in [5.41, 5.74) is 4.71. The van der Waals surface area contributed by atoms with Crippen molar-refractivity contribution in [3.8, 4) is 0 Å². The number of piperazine rings is 1. The molecular weight excluding hydrogens is 312 g/mol. The molecule has 136 valence electrons. The summed E-state index contributed by atoms with van der Waals surface area (Å²) in [5, 5.41) is 3.68. The molecule has 0 aromatic rings. The van der Waals surface area contributed by atoms with E-state index in [1.807, 2.05) is 0 Å². The Morgan fingerprint density at radius 2 is 1.61 bits per heavy atom. The molecule has 0 spiro atoms. The first-order valence-corrected chi connectivity index (χ1v) is 15.2. The quantitative estimate of drug-likeness (QED) is 0.598. The molecule has 23 heavy (non-hydrogen) atoms. The van der Waals surface area contributed by atoms with Crippen LogP contribution in [0.5, 0.6) is 0 Å². The standard InChI is InChI=1S/C19H42N2Si2/c1-10-22(8,9)14-11-19-15-20-12-13-21(19)23(16(2)3,17(4)5)18(6)7/h10,16-20H,1,11-15H2,2-9H3. The molecule has 1 heterocycles. The van der Waals surface area contributed by atoms with Gasteiger partial charge in [0.15, 0.2) is 0 Å². The van der Waals surface area contributed by atoms with E-state index in [0.29, 0.717) is 0 Å². The summed E-state index contributed by atoms with van der Waals surface area (Å²) in [4.78, 5) is 0. The van der Waals surface area contributed by atoms with Crippen molar-refractivity contribution in [1.82, 2.24) is 9.88 Å². The summed E-state index contributed by atoms with van der Waals surface area (Å²) < 4.78 is 3.04. The van der Waals surface area contributed by atoms with Gasteiger partial charge in [0.25, 0.3) is 0 Å². The van der Waals surface area contributed by atoms with Crippen molar-refractivity contribution in [2.24, 2.45) is 0 Å². The van der Waals surface area contributed by atoms with Gasteiger partial charge in [-0.3, -0.25) is 0 Å². The molecule has 1 fully saturated rings. The van der Waals surface area contributed by atoms with Crippen molar-refractivity contribution in [1.29, 1.82) is 0 Å². The van der Waals surface area contributed by atoms with Crippen LogP contribution in [0.25, 0.3) is 0 Å². The molecule has 0 amide bonds. The zero-order valence-corrected chi connectivity index (χ0v) is 19.1. The van der Waals surface area contributed by atoms with Gasteiger partial charge in [0.05, 0.1) is 8.07 Å². The van der Waals surface area contributed by atoms with E-state index in [1.165, 1.54) is 32.1 Å². The Morgan fingerprint density at radius 3 is 2.04 bits per heavy atom. The third-order valence-electron chi connectivity index (χ3n) is 6.30. The van der Waals surface area contributed by atoms with Crippen LogP contribution in [-0.2, 0) is 0 Å². The predicted molar refractivity (Wildman–Crippen MR) is 112 cm³/mol. The lowest BCUT2D eigenvalue weighted by molar-refractivity contribution is 0.239. The molecule has 0 aromatic carbocycles. The van der Waals surface area contributed by atoms with Crippen LogP contribution in [0.2, 0.25) is 35.8 Å². The van der Waals surface area contributed by atoms with E-state index in [-0.39, 0.29) is 0 Å². The van der Waals surface area contributed by atoms with Crippen LogP contribution in [0.1, 0.15) is 48.0 Å². The lowest BCUT2D eigenvalue weighted by Crippen LogP contribution is -2.68. The summed E-state index contributed by atoms with van der Waals surface area (Å²) in [6.45, 7) is 27.6. The fraction of sp³-hybridized carbons (Fsp3) is 0.895. The first kappa shape index (κ1) is 21.1. The zero-order chi connectivity index (χ0) is 17.8. The monoisotopic (exact) mass is 354 g/mol. The minimum Gasteiger partial charge on any atom is -0.317 e. The number of rotatable bonds is 8. The van der Waals surface area contributed by atoms with Gasteiger partial charge >= 0.3 is 0 Å². The summed E-state index contributed by atoms with van der Waals surface area (Å²) in [5.74, 6) is 0. The summed E-state index contributed by atoms with van der Waals surface area (Å²) in [7, 11) is -2.72.